The summed E-state index contributed by atoms with van der Waals surface area (Å²) in [5.41, 5.74) is 6.69. The van der Waals surface area contributed by atoms with Gasteiger partial charge in [0.2, 0.25) is 0 Å². The van der Waals surface area contributed by atoms with Gasteiger partial charge in [-0.2, -0.15) is 5.10 Å². The van der Waals surface area contributed by atoms with Gasteiger partial charge in [-0.1, -0.05) is 17.7 Å². The van der Waals surface area contributed by atoms with Crippen LogP contribution in [-0.2, 0) is 0 Å². The van der Waals surface area contributed by atoms with Crippen molar-refractivity contribution in [2.24, 2.45) is 5.73 Å². The lowest BCUT2D eigenvalue weighted by Crippen LogP contribution is -2.16. The first-order valence-corrected chi connectivity index (χ1v) is 5.42. The highest BCUT2D eigenvalue weighted by atomic mass is 35.5. The van der Waals surface area contributed by atoms with Gasteiger partial charge in [0.05, 0.1) is 16.3 Å². The maximum Gasteiger partial charge on any atom is 0.148 e. The number of benzene rings is 1. The normalized spacial score (nSPS) is 10.5. The predicted molar refractivity (Wildman–Crippen MR) is 66.9 cm³/mol. The van der Waals surface area contributed by atoms with E-state index in [0.717, 1.165) is 5.82 Å². The van der Waals surface area contributed by atoms with E-state index in [-0.39, 0.29) is 5.84 Å². The fourth-order valence-corrected chi connectivity index (χ4v) is 1.98. The van der Waals surface area contributed by atoms with Gasteiger partial charge in [0.25, 0.3) is 0 Å². The van der Waals surface area contributed by atoms with Crippen LogP contribution in [0, 0.1) is 19.3 Å². The number of rotatable bonds is 2. The number of amidine groups is 1. The minimum Gasteiger partial charge on any atom is -0.384 e. The third-order valence-electron chi connectivity index (χ3n) is 2.36. The van der Waals surface area contributed by atoms with Crippen molar-refractivity contribution in [2.75, 3.05) is 0 Å². The van der Waals surface area contributed by atoms with Gasteiger partial charge in [-0.25, -0.2) is 9.67 Å². The van der Waals surface area contributed by atoms with E-state index in [0.29, 0.717) is 22.1 Å². The van der Waals surface area contributed by atoms with Gasteiger partial charge in [-0.3, -0.25) is 5.41 Å². The molecule has 0 aliphatic carbocycles. The van der Waals surface area contributed by atoms with E-state index in [9.17, 15) is 0 Å². The predicted octanol–water partition coefficient (Wildman–Crippen LogP) is 1.82. The Bertz CT molecular complexity index is 588. The van der Waals surface area contributed by atoms with Gasteiger partial charge in [0.15, 0.2) is 0 Å². The Morgan fingerprint density at radius 1 is 1.41 bits per heavy atom. The molecule has 1 heterocycles. The number of nitrogens with zero attached hydrogens (tertiary/aromatic N) is 3. The van der Waals surface area contributed by atoms with E-state index in [1.54, 1.807) is 16.8 Å². The molecule has 0 saturated heterocycles. The summed E-state index contributed by atoms with van der Waals surface area (Å²) in [5.74, 6) is 1.31. The quantitative estimate of drug-likeness (QED) is 0.629. The minimum atomic E-state index is -0.0850. The summed E-state index contributed by atoms with van der Waals surface area (Å²) < 4.78 is 1.64. The number of aryl methyl sites for hydroxylation is 2. The smallest absolute Gasteiger partial charge is 0.148 e. The number of nitrogens with two attached hydrogens (primary N) is 1. The molecule has 0 aliphatic rings. The highest BCUT2D eigenvalue weighted by Crippen LogP contribution is 2.23. The van der Waals surface area contributed by atoms with Crippen LogP contribution in [0.25, 0.3) is 5.69 Å². The SMILES string of the molecule is Cc1nc(C)n(-c2cccc(Cl)c2C(=N)N)n1. The first-order valence-electron chi connectivity index (χ1n) is 5.04. The van der Waals surface area contributed by atoms with Gasteiger partial charge < -0.3 is 5.73 Å². The monoisotopic (exact) mass is 249 g/mol. The second-order valence-corrected chi connectivity index (χ2v) is 4.07. The molecule has 5 nitrogen and oxygen atoms in total. The molecule has 6 heteroatoms. The fraction of sp³-hybridized carbons (Fsp3) is 0.182. The zero-order chi connectivity index (χ0) is 12.6. The van der Waals surface area contributed by atoms with Gasteiger partial charge in [0, 0.05) is 0 Å². The zero-order valence-electron chi connectivity index (χ0n) is 9.53. The molecule has 0 saturated carbocycles. The minimum absolute atomic E-state index is 0.0850. The molecule has 0 atom stereocenters. The van der Waals surface area contributed by atoms with Crippen molar-refractivity contribution in [1.82, 2.24) is 14.8 Å². The van der Waals surface area contributed by atoms with Crippen LogP contribution < -0.4 is 5.73 Å². The second kappa shape index (κ2) is 4.18. The fourth-order valence-electron chi connectivity index (χ4n) is 1.71. The molecule has 2 aromatic rings. The van der Waals surface area contributed by atoms with Gasteiger partial charge >= 0.3 is 0 Å². The average molecular weight is 250 g/mol. The maximum atomic E-state index is 7.58. The van der Waals surface area contributed by atoms with Crippen LogP contribution in [0.1, 0.15) is 17.2 Å². The molecule has 0 fully saturated rings. The van der Waals surface area contributed by atoms with Crippen LogP contribution in [0.15, 0.2) is 18.2 Å². The summed E-state index contributed by atoms with van der Waals surface area (Å²) in [6.45, 7) is 3.65. The van der Waals surface area contributed by atoms with Crippen LogP contribution >= 0.6 is 11.6 Å². The van der Waals surface area contributed by atoms with Crippen molar-refractivity contribution >= 4 is 17.4 Å². The molecule has 3 N–H and O–H groups in total. The molecule has 88 valence electrons. The van der Waals surface area contributed by atoms with Crippen molar-refractivity contribution in [2.45, 2.75) is 13.8 Å². The number of hydrogen-bond donors (Lipinski definition) is 2. The van der Waals surface area contributed by atoms with Crippen molar-refractivity contribution in [3.63, 3.8) is 0 Å². The Kier molecular flexibility index (Phi) is 2.85. The highest BCUT2D eigenvalue weighted by molar-refractivity contribution is 6.34. The summed E-state index contributed by atoms with van der Waals surface area (Å²) >= 11 is 6.05. The van der Waals surface area contributed by atoms with E-state index < -0.39 is 0 Å². The number of hydrogen-bond acceptors (Lipinski definition) is 3. The van der Waals surface area contributed by atoms with Crippen molar-refractivity contribution in [1.29, 1.82) is 5.41 Å². The summed E-state index contributed by atoms with van der Waals surface area (Å²) in [6, 6.07) is 5.30. The number of nitrogen functional groups attached to an aromatic ring is 1. The molecule has 1 aromatic heterocycles. The largest absolute Gasteiger partial charge is 0.384 e. The highest BCUT2D eigenvalue weighted by Gasteiger charge is 2.14. The molecule has 0 bridgehead atoms. The number of aromatic nitrogens is 3. The number of halogens is 1. The van der Waals surface area contributed by atoms with Crippen LogP contribution in [0.2, 0.25) is 5.02 Å². The van der Waals surface area contributed by atoms with Crippen LogP contribution in [-0.4, -0.2) is 20.6 Å². The molecule has 2 rings (SSSR count). The van der Waals surface area contributed by atoms with Crippen LogP contribution in [0.3, 0.4) is 0 Å². The first-order chi connectivity index (χ1) is 8.00. The summed E-state index contributed by atoms with van der Waals surface area (Å²) in [6.07, 6.45) is 0. The standard InChI is InChI=1S/C11H12ClN5/c1-6-15-7(2)17(16-6)9-5-3-4-8(12)10(9)11(13)14/h3-5H,1-2H3,(H3,13,14). The van der Waals surface area contributed by atoms with E-state index >= 15 is 0 Å². The molecular formula is C11H12ClN5. The molecule has 0 radical (unpaired) electrons. The molecule has 0 spiro atoms. The first kappa shape index (κ1) is 11.6. The maximum absolute atomic E-state index is 7.58. The van der Waals surface area contributed by atoms with Gasteiger partial charge in [-0.15, -0.1) is 0 Å². The molecule has 17 heavy (non-hydrogen) atoms. The lowest BCUT2D eigenvalue weighted by atomic mass is 10.1. The molecule has 0 aliphatic heterocycles. The third kappa shape index (κ3) is 2.01. The Balaban J connectivity index is 2.71. The summed E-state index contributed by atoms with van der Waals surface area (Å²) in [7, 11) is 0. The van der Waals surface area contributed by atoms with Crippen molar-refractivity contribution in [3.8, 4) is 5.69 Å². The van der Waals surface area contributed by atoms with Gasteiger partial charge in [-0.05, 0) is 26.0 Å². The third-order valence-corrected chi connectivity index (χ3v) is 2.68. The lowest BCUT2D eigenvalue weighted by molar-refractivity contribution is 0.829. The topological polar surface area (TPSA) is 80.6 Å². The summed E-state index contributed by atoms with van der Waals surface area (Å²) in [5, 5.41) is 12.3. The number of nitrogens with one attached hydrogen (secondary N) is 1. The molecule has 0 amide bonds. The second-order valence-electron chi connectivity index (χ2n) is 3.67. The van der Waals surface area contributed by atoms with E-state index in [1.165, 1.54) is 0 Å². The van der Waals surface area contributed by atoms with Crippen molar-refractivity contribution < 1.29 is 0 Å². The van der Waals surface area contributed by atoms with E-state index in [2.05, 4.69) is 10.1 Å². The van der Waals surface area contributed by atoms with Crippen molar-refractivity contribution in [3.05, 3.63) is 40.4 Å². The average Bonchev–Trinajstić information content (AvgIpc) is 2.56. The van der Waals surface area contributed by atoms with Crippen LogP contribution in [0.4, 0.5) is 0 Å². The zero-order valence-corrected chi connectivity index (χ0v) is 10.3. The Morgan fingerprint density at radius 3 is 2.65 bits per heavy atom. The van der Waals surface area contributed by atoms with E-state index in [1.807, 2.05) is 19.9 Å². The Hall–Kier alpha value is -1.88. The van der Waals surface area contributed by atoms with Gasteiger partial charge in [0.1, 0.15) is 17.5 Å². The van der Waals surface area contributed by atoms with Crippen LogP contribution in [0.5, 0.6) is 0 Å². The molecule has 0 unspecified atom stereocenters. The Labute approximate surface area is 104 Å². The lowest BCUT2D eigenvalue weighted by Gasteiger charge is -2.10. The summed E-state index contributed by atoms with van der Waals surface area (Å²) in [4.78, 5) is 4.22. The molecule has 1 aromatic carbocycles. The van der Waals surface area contributed by atoms with E-state index in [4.69, 9.17) is 22.7 Å². The molecular weight excluding hydrogens is 238 g/mol. The Morgan fingerprint density at radius 2 is 2.12 bits per heavy atom.